The second-order valence-electron chi connectivity index (χ2n) is 6.34. The minimum atomic E-state index is -0.106. The molecule has 0 atom stereocenters. The van der Waals surface area contributed by atoms with Crippen molar-refractivity contribution >= 4 is 35.0 Å². The molecule has 1 saturated heterocycles. The predicted octanol–water partition coefficient (Wildman–Crippen LogP) is 3.23. The molecule has 7 nitrogen and oxygen atoms in total. The third-order valence-corrected chi connectivity index (χ3v) is 4.86. The first-order valence-electron chi connectivity index (χ1n) is 9.00. The molecule has 0 radical (unpaired) electrons. The molecule has 8 heteroatoms. The fraction of sp³-hybridized carbons (Fsp3) is 0.200. The standard InChI is InChI=1S/C20H19ClN6O/c21-15-5-1-2-6-16(15)24-20-23-10-8-17(25-20)19(28)27-13-11-26(12-14-27)18-7-3-4-9-22-18/h1-10H,11-14H2,(H,23,24,25). The average Bonchev–Trinajstić information content (AvgIpc) is 2.76. The van der Waals surface area contributed by atoms with Gasteiger partial charge in [-0.05, 0) is 30.3 Å². The molecule has 3 heterocycles. The summed E-state index contributed by atoms with van der Waals surface area (Å²) in [5.41, 5.74) is 1.05. The van der Waals surface area contributed by atoms with Crippen LogP contribution in [0.1, 0.15) is 10.5 Å². The first kappa shape index (κ1) is 18.2. The second kappa shape index (κ2) is 8.22. The third-order valence-electron chi connectivity index (χ3n) is 4.54. The van der Waals surface area contributed by atoms with Crippen molar-refractivity contribution in [1.29, 1.82) is 0 Å². The van der Waals surface area contributed by atoms with Crippen molar-refractivity contribution < 1.29 is 4.79 Å². The highest BCUT2D eigenvalue weighted by Crippen LogP contribution is 2.23. The number of hydrogen-bond donors (Lipinski definition) is 1. The van der Waals surface area contributed by atoms with Gasteiger partial charge in [0.05, 0.1) is 10.7 Å². The van der Waals surface area contributed by atoms with Crippen LogP contribution in [0.5, 0.6) is 0 Å². The molecule has 2 aromatic heterocycles. The Labute approximate surface area is 168 Å². The molecule has 1 amide bonds. The van der Waals surface area contributed by atoms with Crippen LogP contribution in [0, 0.1) is 0 Å². The summed E-state index contributed by atoms with van der Waals surface area (Å²) in [6.07, 6.45) is 3.35. The Morgan fingerprint density at radius 3 is 2.46 bits per heavy atom. The van der Waals surface area contributed by atoms with E-state index in [2.05, 4.69) is 25.2 Å². The number of aromatic nitrogens is 3. The van der Waals surface area contributed by atoms with Crippen molar-refractivity contribution in [2.24, 2.45) is 0 Å². The van der Waals surface area contributed by atoms with Crippen molar-refractivity contribution in [3.63, 3.8) is 0 Å². The van der Waals surface area contributed by atoms with Crippen LogP contribution in [0.15, 0.2) is 60.9 Å². The van der Waals surface area contributed by atoms with Crippen LogP contribution in [0.25, 0.3) is 0 Å². The Kier molecular flexibility index (Phi) is 5.34. The van der Waals surface area contributed by atoms with Gasteiger partial charge in [0, 0.05) is 38.6 Å². The van der Waals surface area contributed by atoms with Gasteiger partial charge < -0.3 is 15.1 Å². The van der Waals surface area contributed by atoms with Gasteiger partial charge in [-0.15, -0.1) is 0 Å². The van der Waals surface area contributed by atoms with Crippen molar-refractivity contribution in [2.45, 2.75) is 0 Å². The molecular weight excluding hydrogens is 376 g/mol. The number of piperazine rings is 1. The van der Waals surface area contributed by atoms with Gasteiger partial charge in [0.15, 0.2) is 0 Å². The molecule has 0 bridgehead atoms. The van der Waals surface area contributed by atoms with E-state index in [0.29, 0.717) is 35.4 Å². The molecule has 0 saturated carbocycles. The molecular formula is C20H19ClN6O. The average molecular weight is 395 g/mol. The maximum Gasteiger partial charge on any atom is 0.272 e. The zero-order valence-corrected chi connectivity index (χ0v) is 15.9. The van der Waals surface area contributed by atoms with Gasteiger partial charge in [-0.25, -0.2) is 15.0 Å². The molecule has 0 spiro atoms. The molecule has 4 rings (SSSR count). The van der Waals surface area contributed by atoms with Gasteiger partial charge >= 0.3 is 0 Å². The maximum absolute atomic E-state index is 12.9. The van der Waals surface area contributed by atoms with E-state index in [-0.39, 0.29) is 5.91 Å². The lowest BCUT2D eigenvalue weighted by Gasteiger charge is -2.35. The lowest BCUT2D eigenvalue weighted by atomic mass is 10.2. The first-order chi connectivity index (χ1) is 13.7. The molecule has 0 unspecified atom stereocenters. The van der Waals surface area contributed by atoms with E-state index in [1.807, 2.05) is 36.4 Å². The highest BCUT2D eigenvalue weighted by molar-refractivity contribution is 6.33. The Morgan fingerprint density at radius 1 is 0.929 bits per heavy atom. The predicted molar refractivity (Wildman–Crippen MR) is 109 cm³/mol. The van der Waals surface area contributed by atoms with E-state index < -0.39 is 0 Å². The van der Waals surface area contributed by atoms with E-state index in [1.54, 1.807) is 29.4 Å². The molecule has 1 aromatic carbocycles. The van der Waals surface area contributed by atoms with E-state index in [0.717, 1.165) is 18.9 Å². The molecule has 0 aliphatic carbocycles. The molecule has 28 heavy (non-hydrogen) atoms. The fourth-order valence-electron chi connectivity index (χ4n) is 3.06. The number of amides is 1. The topological polar surface area (TPSA) is 74.2 Å². The Bertz CT molecular complexity index is 960. The number of nitrogens with zero attached hydrogens (tertiary/aromatic N) is 5. The zero-order chi connectivity index (χ0) is 19.3. The highest BCUT2D eigenvalue weighted by atomic mass is 35.5. The van der Waals surface area contributed by atoms with Gasteiger partial charge in [-0.1, -0.05) is 29.8 Å². The van der Waals surface area contributed by atoms with Crippen LogP contribution < -0.4 is 10.2 Å². The maximum atomic E-state index is 12.9. The van der Waals surface area contributed by atoms with Crippen LogP contribution in [0.3, 0.4) is 0 Å². The van der Waals surface area contributed by atoms with E-state index >= 15 is 0 Å². The Hall–Kier alpha value is -3.19. The van der Waals surface area contributed by atoms with E-state index in [4.69, 9.17) is 11.6 Å². The van der Waals surface area contributed by atoms with Crippen LogP contribution in [0.4, 0.5) is 17.5 Å². The summed E-state index contributed by atoms with van der Waals surface area (Å²) >= 11 is 6.16. The molecule has 1 aliphatic rings. The SMILES string of the molecule is O=C(c1ccnc(Nc2ccccc2Cl)n1)N1CCN(c2ccccn2)CC1. The van der Waals surface area contributed by atoms with Crippen LogP contribution in [-0.2, 0) is 0 Å². The van der Waals surface area contributed by atoms with Gasteiger partial charge in [0.1, 0.15) is 11.5 Å². The Morgan fingerprint density at radius 2 is 1.71 bits per heavy atom. The van der Waals surface area contributed by atoms with Gasteiger partial charge in [-0.3, -0.25) is 4.79 Å². The molecule has 142 valence electrons. The smallest absolute Gasteiger partial charge is 0.272 e. The minimum Gasteiger partial charge on any atom is -0.353 e. The van der Waals surface area contributed by atoms with Gasteiger partial charge in [-0.2, -0.15) is 0 Å². The highest BCUT2D eigenvalue weighted by Gasteiger charge is 2.24. The Balaban J connectivity index is 1.42. The number of carbonyl (C=O) groups excluding carboxylic acids is 1. The number of pyridine rings is 1. The van der Waals surface area contributed by atoms with Crippen molar-refractivity contribution in [3.05, 3.63) is 71.6 Å². The van der Waals surface area contributed by atoms with Crippen LogP contribution in [-0.4, -0.2) is 51.9 Å². The molecule has 1 N–H and O–H groups in total. The summed E-state index contributed by atoms with van der Waals surface area (Å²) in [7, 11) is 0. The van der Waals surface area contributed by atoms with Crippen molar-refractivity contribution in [2.75, 3.05) is 36.4 Å². The lowest BCUT2D eigenvalue weighted by Crippen LogP contribution is -2.49. The number of para-hydroxylation sites is 1. The quantitative estimate of drug-likeness (QED) is 0.732. The summed E-state index contributed by atoms with van der Waals surface area (Å²) in [5.74, 6) is 1.17. The van der Waals surface area contributed by atoms with Crippen LogP contribution in [0.2, 0.25) is 5.02 Å². The lowest BCUT2D eigenvalue weighted by molar-refractivity contribution is 0.0740. The number of anilines is 3. The summed E-state index contributed by atoms with van der Waals surface area (Å²) in [6.45, 7) is 2.70. The number of benzene rings is 1. The number of rotatable bonds is 4. The summed E-state index contributed by atoms with van der Waals surface area (Å²) in [5, 5.41) is 3.62. The summed E-state index contributed by atoms with van der Waals surface area (Å²) < 4.78 is 0. The number of carbonyl (C=O) groups is 1. The fourth-order valence-corrected chi connectivity index (χ4v) is 3.25. The molecule has 3 aromatic rings. The second-order valence-corrected chi connectivity index (χ2v) is 6.74. The number of nitrogens with one attached hydrogen (secondary N) is 1. The van der Waals surface area contributed by atoms with Crippen molar-refractivity contribution in [1.82, 2.24) is 19.9 Å². The van der Waals surface area contributed by atoms with Crippen molar-refractivity contribution in [3.8, 4) is 0 Å². The number of hydrogen-bond acceptors (Lipinski definition) is 6. The first-order valence-corrected chi connectivity index (χ1v) is 9.38. The largest absolute Gasteiger partial charge is 0.353 e. The van der Waals surface area contributed by atoms with Crippen LogP contribution >= 0.6 is 11.6 Å². The molecule has 1 fully saturated rings. The zero-order valence-electron chi connectivity index (χ0n) is 15.1. The minimum absolute atomic E-state index is 0.106. The monoisotopic (exact) mass is 394 g/mol. The summed E-state index contributed by atoms with van der Waals surface area (Å²) in [4.78, 5) is 29.8. The van der Waals surface area contributed by atoms with E-state index in [1.165, 1.54) is 0 Å². The molecule has 1 aliphatic heterocycles. The van der Waals surface area contributed by atoms with Gasteiger partial charge in [0.25, 0.3) is 5.91 Å². The summed E-state index contributed by atoms with van der Waals surface area (Å²) in [6, 6.07) is 14.8. The number of halogens is 1. The van der Waals surface area contributed by atoms with Gasteiger partial charge in [0.2, 0.25) is 5.95 Å². The normalized spacial score (nSPS) is 14.0. The van der Waals surface area contributed by atoms with E-state index in [9.17, 15) is 4.79 Å². The third kappa shape index (κ3) is 4.04.